The predicted octanol–water partition coefficient (Wildman–Crippen LogP) is 2.59. The van der Waals surface area contributed by atoms with Crippen LogP contribution in [0, 0.1) is 5.92 Å². The van der Waals surface area contributed by atoms with Crippen LogP contribution in [0.5, 0.6) is 0 Å². The van der Waals surface area contributed by atoms with Crippen molar-refractivity contribution in [2.75, 3.05) is 31.6 Å². The number of hydrogen-bond acceptors (Lipinski definition) is 4. The summed E-state index contributed by atoms with van der Waals surface area (Å²) in [6.45, 7) is 1.66. The van der Waals surface area contributed by atoms with Gasteiger partial charge in [-0.15, -0.1) is 11.3 Å². The van der Waals surface area contributed by atoms with Crippen molar-refractivity contribution in [1.29, 1.82) is 0 Å². The number of rotatable bonds is 5. The van der Waals surface area contributed by atoms with E-state index in [0.29, 0.717) is 0 Å². The van der Waals surface area contributed by atoms with Gasteiger partial charge in [0.1, 0.15) is 0 Å². The van der Waals surface area contributed by atoms with E-state index >= 15 is 0 Å². The summed E-state index contributed by atoms with van der Waals surface area (Å²) in [7, 11) is 2.22. The first kappa shape index (κ1) is 15.9. The molecule has 1 aliphatic carbocycles. The van der Waals surface area contributed by atoms with Crippen LogP contribution in [0.1, 0.15) is 17.3 Å². The fourth-order valence-electron chi connectivity index (χ4n) is 3.14. The van der Waals surface area contributed by atoms with Crippen molar-refractivity contribution in [3.63, 3.8) is 0 Å². The van der Waals surface area contributed by atoms with Crippen molar-refractivity contribution in [2.45, 2.75) is 17.7 Å². The lowest BCUT2D eigenvalue weighted by molar-refractivity contribution is 0.192. The highest BCUT2D eigenvalue weighted by Gasteiger charge is 2.43. The van der Waals surface area contributed by atoms with Crippen LogP contribution in [0.2, 0.25) is 0 Å². The zero-order valence-corrected chi connectivity index (χ0v) is 14.6. The zero-order chi connectivity index (χ0) is 15.5. The number of thiol groups is 1. The van der Waals surface area contributed by atoms with Crippen molar-refractivity contribution >= 4 is 28.0 Å². The average molecular weight is 340 g/mol. The van der Waals surface area contributed by atoms with Gasteiger partial charge in [-0.3, -0.25) is 0 Å². The average Bonchev–Trinajstić information content (AvgIpc) is 3.00. The maximum Gasteiger partial charge on any atom is 0.173 e. The molecule has 22 heavy (non-hydrogen) atoms. The van der Waals surface area contributed by atoms with Gasteiger partial charge in [-0.2, -0.15) is 4.31 Å². The zero-order valence-electron chi connectivity index (χ0n) is 12.9. The highest BCUT2D eigenvalue weighted by Crippen LogP contribution is 2.43. The van der Waals surface area contributed by atoms with Crippen LogP contribution in [0.3, 0.4) is 0 Å². The standard InChI is InChI=1S/C16H22N2O2S2/c1-18-13-8-11-21-16(13)15(17-9-5-10-20-2)12-6-3-4-7-14(12)22(18)19/h3-4,6-8,11-12,14-15,17H,5,9-10H2,1-2H3/p+1. The molecule has 120 valence electrons. The Kier molecular flexibility index (Phi) is 5.13. The van der Waals surface area contributed by atoms with Crippen molar-refractivity contribution in [1.82, 2.24) is 5.32 Å². The van der Waals surface area contributed by atoms with E-state index in [9.17, 15) is 4.21 Å². The number of fused-ring (bicyclic) bond motifs is 2. The smallest absolute Gasteiger partial charge is 0.173 e. The fraction of sp³-hybridized carbons (Fsp3) is 0.500. The Morgan fingerprint density at radius 1 is 1.41 bits per heavy atom. The van der Waals surface area contributed by atoms with Gasteiger partial charge in [0, 0.05) is 13.7 Å². The van der Waals surface area contributed by atoms with E-state index in [1.807, 2.05) is 17.4 Å². The third-order valence-corrected chi connectivity index (χ3v) is 7.10. The maximum absolute atomic E-state index is 12.9. The van der Waals surface area contributed by atoms with Crippen LogP contribution in [-0.4, -0.2) is 32.6 Å². The Morgan fingerprint density at radius 3 is 3.05 bits per heavy atom. The van der Waals surface area contributed by atoms with E-state index in [1.54, 1.807) is 18.4 Å². The topological polar surface area (TPSA) is 41.6 Å². The minimum Gasteiger partial charge on any atom is -0.385 e. The normalized spacial score (nSPS) is 30.0. The molecule has 1 aromatic heterocycles. The Hall–Kier alpha value is -0.950. The van der Waals surface area contributed by atoms with E-state index in [0.717, 1.165) is 25.3 Å². The Morgan fingerprint density at radius 2 is 2.23 bits per heavy atom. The highest BCUT2D eigenvalue weighted by molar-refractivity contribution is 7.87. The maximum atomic E-state index is 12.9. The summed E-state index contributed by atoms with van der Waals surface area (Å²) in [5.74, 6) is 0.235. The molecule has 0 bridgehead atoms. The van der Waals surface area contributed by atoms with Gasteiger partial charge in [0.25, 0.3) is 0 Å². The lowest BCUT2D eigenvalue weighted by Gasteiger charge is -2.26. The number of allylic oxidation sites excluding steroid dienone is 2. The molecule has 0 saturated carbocycles. The van der Waals surface area contributed by atoms with Gasteiger partial charge in [0.05, 0.1) is 29.6 Å². The van der Waals surface area contributed by atoms with Gasteiger partial charge in [0.2, 0.25) is 0 Å². The molecule has 0 radical (unpaired) electrons. The van der Waals surface area contributed by atoms with E-state index < -0.39 is 11.0 Å². The van der Waals surface area contributed by atoms with Crippen molar-refractivity contribution in [3.05, 3.63) is 40.6 Å². The van der Waals surface area contributed by atoms with Crippen molar-refractivity contribution < 1.29 is 8.95 Å². The monoisotopic (exact) mass is 339 g/mol. The Labute approximate surface area is 138 Å². The Bertz CT molecular complexity index is 597. The van der Waals surface area contributed by atoms with Crippen molar-refractivity contribution in [3.8, 4) is 0 Å². The quantitative estimate of drug-likeness (QED) is 0.509. The minimum atomic E-state index is -1.46. The largest absolute Gasteiger partial charge is 0.385 e. The first-order valence-electron chi connectivity index (χ1n) is 7.58. The van der Waals surface area contributed by atoms with Gasteiger partial charge >= 0.3 is 0 Å². The van der Waals surface area contributed by atoms with Crippen LogP contribution < -0.4 is 9.62 Å². The third kappa shape index (κ3) is 2.93. The molecule has 1 aliphatic heterocycles. The molecular formula is C16H23N2O2S2+. The highest BCUT2D eigenvalue weighted by atomic mass is 32.2. The second-order valence-corrected chi connectivity index (χ2v) is 8.36. The third-order valence-electron chi connectivity index (χ3n) is 4.28. The molecule has 0 amide bonds. The van der Waals surface area contributed by atoms with Gasteiger partial charge < -0.3 is 10.1 Å². The number of methoxy groups -OCH3 is 1. The van der Waals surface area contributed by atoms with Crippen LogP contribution in [-0.2, 0) is 19.9 Å². The molecule has 0 spiro atoms. The van der Waals surface area contributed by atoms with Crippen LogP contribution in [0.25, 0.3) is 0 Å². The molecule has 2 heterocycles. The minimum absolute atomic E-state index is 0.0597. The lowest BCUT2D eigenvalue weighted by Crippen LogP contribution is -2.37. The molecule has 4 atom stereocenters. The van der Waals surface area contributed by atoms with Gasteiger partial charge in [-0.25, -0.2) is 0 Å². The molecular weight excluding hydrogens is 316 g/mol. The van der Waals surface area contributed by atoms with Gasteiger partial charge in [-0.05, 0) is 30.5 Å². The molecule has 3 rings (SSSR count). The summed E-state index contributed by atoms with van der Waals surface area (Å²) in [5, 5.41) is 5.82. The number of nitrogens with one attached hydrogen (secondary N) is 1. The number of nitrogens with zero attached hydrogens (tertiary/aromatic N) is 1. The first-order valence-corrected chi connectivity index (χ1v) is 9.75. The summed E-state index contributed by atoms with van der Waals surface area (Å²) in [4.78, 5) is 1.29. The first-order chi connectivity index (χ1) is 10.7. The molecule has 0 saturated heterocycles. The van der Waals surface area contributed by atoms with Crippen molar-refractivity contribution in [2.24, 2.45) is 5.92 Å². The van der Waals surface area contributed by atoms with Gasteiger partial charge in [0.15, 0.2) is 16.2 Å². The lowest BCUT2D eigenvalue weighted by atomic mass is 9.90. The molecule has 6 heteroatoms. The van der Waals surface area contributed by atoms with Gasteiger partial charge in [-0.1, -0.05) is 22.4 Å². The number of ether oxygens (including phenoxy) is 1. The van der Waals surface area contributed by atoms with Crippen LogP contribution in [0.15, 0.2) is 35.8 Å². The molecule has 2 aliphatic rings. The fourth-order valence-corrected chi connectivity index (χ4v) is 5.86. The summed E-state index contributed by atoms with van der Waals surface area (Å²) in [5.41, 5.74) is 1.10. The summed E-state index contributed by atoms with van der Waals surface area (Å²) < 4.78 is 20.0. The molecule has 1 aromatic rings. The number of anilines is 1. The summed E-state index contributed by atoms with van der Waals surface area (Å²) in [6, 6.07) is 2.30. The molecule has 0 aromatic carbocycles. The molecule has 0 fully saturated rings. The van der Waals surface area contributed by atoms with E-state index in [2.05, 4.69) is 35.0 Å². The SMILES string of the molecule is COCCCNC1c2sccc2N(C)[SH+](=O)C2C=CC=CC12. The summed E-state index contributed by atoms with van der Waals surface area (Å²) in [6.07, 6.45) is 9.37. The predicted molar refractivity (Wildman–Crippen MR) is 95.0 cm³/mol. The molecule has 4 nitrogen and oxygen atoms in total. The van der Waals surface area contributed by atoms with Crippen LogP contribution in [0.4, 0.5) is 5.69 Å². The molecule has 4 unspecified atom stereocenters. The van der Waals surface area contributed by atoms with Crippen LogP contribution >= 0.6 is 11.3 Å². The number of thiophene rings is 1. The van der Waals surface area contributed by atoms with E-state index in [4.69, 9.17) is 4.74 Å². The second kappa shape index (κ2) is 7.08. The summed E-state index contributed by atoms with van der Waals surface area (Å²) >= 11 is 1.75. The van der Waals surface area contributed by atoms with E-state index in [-0.39, 0.29) is 17.2 Å². The second-order valence-electron chi connectivity index (χ2n) is 5.61. The molecule has 1 N–H and O–H groups in total. The number of hydrogen-bond donors (Lipinski definition) is 1. The van der Waals surface area contributed by atoms with E-state index in [1.165, 1.54) is 4.88 Å². The Balaban J connectivity index is 1.90.